The van der Waals surface area contributed by atoms with Gasteiger partial charge < -0.3 is 9.73 Å². The summed E-state index contributed by atoms with van der Waals surface area (Å²) in [5.74, 6) is 1.06. The third kappa shape index (κ3) is 3.59. The highest BCUT2D eigenvalue weighted by atomic mass is 79.9. The van der Waals surface area contributed by atoms with E-state index in [0.717, 1.165) is 5.76 Å². The van der Waals surface area contributed by atoms with Crippen molar-refractivity contribution in [3.05, 3.63) is 45.3 Å². The second-order valence-electron chi connectivity index (χ2n) is 4.55. The van der Waals surface area contributed by atoms with Crippen LogP contribution in [0.4, 0.5) is 4.39 Å². The molecule has 0 atom stereocenters. The highest BCUT2D eigenvalue weighted by Crippen LogP contribution is 2.36. The fourth-order valence-electron chi connectivity index (χ4n) is 1.69. The van der Waals surface area contributed by atoms with Crippen LogP contribution < -0.4 is 5.32 Å². The summed E-state index contributed by atoms with van der Waals surface area (Å²) in [4.78, 5) is 0. The van der Waals surface area contributed by atoms with Crippen molar-refractivity contribution in [3.8, 4) is 11.3 Å². The molecule has 0 saturated heterocycles. The first kappa shape index (κ1) is 14.6. The summed E-state index contributed by atoms with van der Waals surface area (Å²) in [5.41, 5.74) is 0.666. The van der Waals surface area contributed by atoms with E-state index in [1.54, 1.807) is 0 Å². The van der Waals surface area contributed by atoms with E-state index in [4.69, 9.17) is 16.0 Å². The van der Waals surface area contributed by atoms with E-state index in [9.17, 15) is 4.39 Å². The fraction of sp³-hybridized carbons (Fsp3) is 0.286. The van der Waals surface area contributed by atoms with Crippen LogP contribution in [0.1, 0.15) is 19.6 Å². The lowest BCUT2D eigenvalue weighted by Gasteiger charge is -2.06. The highest BCUT2D eigenvalue weighted by Gasteiger charge is 2.14. The van der Waals surface area contributed by atoms with Crippen LogP contribution in [0.3, 0.4) is 0 Å². The molecule has 0 aliphatic heterocycles. The molecular formula is C14H14BrClFNO. The average molecular weight is 347 g/mol. The number of halogens is 3. The Morgan fingerprint density at radius 3 is 2.74 bits per heavy atom. The number of hydrogen-bond donors (Lipinski definition) is 1. The van der Waals surface area contributed by atoms with Gasteiger partial charge >= 0.3 is 0 Å². The summed E-state index contributed by atoms with van der Waals surface area (Å²) in [5, 5.41) is 3.59. The zero-order valence-corrected chi connectivity index (χ0v) is 13.0. The van der Waals surface area contributed by atoms with E-state index >= 15 is 0 Å². The Kier molecular flexibility index (Phi) is 4.66. The second-order valence-corrected chi connectivity index (χ2v) is 5.81. The van der Waals surface area contributed by atoms with Gasteiger partial charge in [0.15, 0.2) is 0 Å². The van der Waals surface area contributed by atoms with Crippen molar-refractivity contribution >= 4 is 27.5 Å². The second kappa shape index (κ2) is 6.07. The topological polar surface area (TPSA) is 25.2 Å². The fourth-order valence-corrected chi connectivity index (χ4v) is 2.73. The molecule has 5 heteroatoms. The molecule has 0 aliphatic carbocycles. The molecule has 1 N–H and O–H groups in total. The summed E-state index contributed by atoms with van der Waals surface area (Å²) in [6, 6.07) is 6.75. The smallest absolute Gasteiger partial charge is 0.136 e. The average Bonchev–Trinajstić information content (AvgIpc) is 2.73. The Morgan fingerprint density at radius 1 is 1.37 bits per heavy atom. The zero-order chi connectivity index (χ0) is 14.0. The molecule has 0 saturated carbocycles. The monoisotopic (exact) mass is 345 g/mol. The Balaban J connectivity index is 2.28. The zero-order valence-electron chi connectivity index (χ0n) is 10.6. The van der Waals surface area contributed by atoms with Gasteiger partial charge in [-0.25, -0.2) is 4.39 Å². The Hall–Kier alpha value is -0.840. The van der Waals surface area contributed by atoms with Crippen molar-refractivity contribution in [1.82, 2.24) is 5.32 Å². The standard InChI is InChI=1S/C14H14BrClFNO/c1-8(2)18-7-10-3-4-13(19-10)14-11(15)5-9(17)6-12(14)16/h3-6,8,18H,7H2,1-2H3. The Labute approximate surface area is 125 Å². The predicted molar refractivity (Wildman–Crippen MR) is 78.8 cm³/mol. The normalized spacial score (nSPS) is 11.3. The van der Waals surface area contributed by atoms with Crippen LogP contribution in [0, 0.1) is 5.82 Å². The lowest BCUT2D eigenvalue weighted by molar-refractivity contribution is 0.473. The van der Waals surface area contributed by atoms with Gasteiger partial charge in [-0.3, -0.25) is 0 Å². The molecule has 0 unspecified atom stereocenters. The van der Waals surface area contributed by atoms with Gasteiger partial charge in [-0.2, -0.15) is 0 Å². The van der Waals surface area contributed by atoms with E-state index in [1.165, 1.54) is 12.1 Å². The minimum absolute atomic E-state index is 0.324. The van der Waals surface area contributed by atoms with Crippen molar-refractivity contribution in [1.29, 1.82) is 0 Å². The molecule has 19 heavy (non-hydrogen) atoms. The molecule has 0 amide bonds. The Bertz CT molecular complexity index is 560. The molecule has 102 valence electrons. The number of hydrogen-bond acceptors (Lipinski definition) is 2. The number of rotatable bonds is 4. The van der Waals surface area contributed by atoms with Crippen LogP contribution in [0.15, 0.2) is 33.2 Å². The quantitative estimate of drug-likeness (QED) is 0.843. The summed E-state index contributed by atoms with van der Waals surface area (Å²) < 4.78 is 19.5. The van der Waals surface area contributed by atoms with Crippen LogP contribution in [0.5, 0.6) is 0 Å². The number of nitrogens with one attached hydrogen (secondary N) is 1. The minimum Gasteiger partial charge on any atom is -0.460 e. The van der Waals surface area contributed by atoms with Gasteiger partial charge in [-0.1, -0.05) is 25.4 Å². The van der Waals surface area contributed by atoms with Crippen LogP contribution in [0.2, 0.25) is 5.02 Å². The van der Waals surface area contributed by atoms with Gasteiger partial charge in [0.05, 0.1) is 17.1 Å². The van der Waals surface area contributed by atoms with Gasteiger partial charge in [0, 0.05) is 10.5 Å². The molecule has 2 rings (SSSR count). The maximum Gasteiger partial charge on any atom is 0.136 e. The lowest BCUT2D eigenvalue weighted by atomic mass is 10.2. The molecule has 0 bridgehead atoms. The van der Waals surface area contributed by atoms with E-state index in [0.29, 0.717) is 33.4 Å². The summed E-state index contributed by atoms with van der Waals surface area (Å²) in [7, 11) is 0. The van der Waals surface area contributed by atoms with E-state index in [-0.39, 0.29) is 5.82 Å². The molecule has 0 radical (unpaired) electrons. The first-order valence-electron chi connectivity index (χ1n) is 5.94. The van der Waals surface area contributed by atoms with E-state index in [2.05, 4.69) is 35.1 Å². The molecular weight excluding hydrogens is 333 g/mol. The first-order chi connectivity index (χ1) is 8.97. The predicted octanol–water partition coefficient (Wildman–Crippen LogP) is 5.00. The maximum absolute atomic E-state index is 13.2. The van der Waals surface area contributed by atoms with Crippen LogP contribution in [-0.4, -0.2) is 6.04 Å². The van der Waals surface area contributed by atoms with E-state index < -0.39 is 0 Å². The molecule has 0 spiro atoms. The third-order valence-corrected chi connectivity index (χ3v) is 3.52. The number of benzene rings is 1. The molecule has 1 aromatic heterocycles. The van der Waals surface area contributed by atoms with Gasteiger partial charge in [-0.05, 0) is 40.2 Å². The summed E-state index contributed by atoms with van der Waals surface area (Å²) >= 11 is 9.37. The van der Waals surface area contributed by atoms with Crippen molar-refractivity contribution in [2.75, 3.05) is 0 Å². The molecule has 1 aromatic carbocycles. The van der Waals surface area contributed by atoms with Crippen LogP contribution >= 0.6 is 27.5 Å². The van der Waals surface area contributed by atoms with E-state index in [1.807, 2.05) is 12.1 Å². The largest absolute Gasteiger partial charge is 0.460 e. The minimum atomic E-state index is -0.381. The van der Waals surface area contributed by atoms with Crippen LogP contribution in [-0.2, 0) is 6.54 Å². The van der Waals surface area contributed by atoms with Crippen molar-refractivity contribution in [3.63, 3.8) is 0 Å². The molecule has 0 aliphatic rings. The highest BCUT2D eigenvalue weighted by molar-refractivity contribution is 9.10. The molecule has 2 nitrogen and oxygen atoms in total. The van der Waals surface area contributed by atoms with Crippen molar-refractivity contribution < 1.29 is 8.81 Å². The van der Waals surface area contributed by atoms with Gasteiger partial charge in [0.2, 0.25) is 0 Å². The van der Waals surface area contributed by atoms with Crippen molar-refractivity contribution in [2.24, 2.45) is 0 Å². The SMILES string of the molecule is CC(C)NCc1ccc(-c2c(Cl)cc(F)cc2Br)o1. The first-order valence-corrected chi connectivity index (χ1v) is 7.11. The molecule has 1 heterocycles. The molecule has 0 fully saturated rings. The maximum atomic E-state index is 13.2. The summed E-state index contributed by atoms with van der Waals surface area (Å²) in [6.07, 6.45) is 0. The Morgan fingerprint density at radius 2 is 2.11 bits per heavy atom. The number of furan rings is 1. The van der Waals surface area contributed by atoms with Gasteiger partial charge in [-0.15, -0.1) is 0 Å². The molecule has 2 aromatic rings. The van der Waals surface area contributed by atoms with Gasteiger partial charge in [0.1, 0.15) is 17.3 Å². The lowest BCUT2D eigenvalue weighted by Crippen LogP contribution is -2.21. The van der Waals surface area contributed by atoms with Gasteiger partial charge in [0.25, 0.3) is 0 Å². The third-order valence-electron chi connectivity index (χ3n) is 2.60. The summed E-state index contributed by atoms with van der Waals surface area (Å²) in [6.45, 7) is 4.78. The van der Waals surface area contributed by atoms with Crippen LogP contribution in [0.25, 0.3) is 11.3 Å². The van der Waals surface area contributed by atoms with Crippen molar-refractivity contribution in [2.45, 2.75) is 26.4 Å².